The van der Waals surface area contributed by atoms with E-state index in [2.05, 4.69) is 4.90 Å². The zero-order valence-electron chi connectivity index (χ0n) is 18.5. The standard InChI is InChI=1S/C25H26Cl2N2O4S/c26-20-6-11-25(24(27)17-20)34(31,32)29(18-19-4-3-5-22(30)16-19)21-7-9-23(10-8-21)33-15-14-28-12-1-2-13-28/h3-11,16-17,30H,1-2,12-15,18H2. The van der Waals surface area contributed by atoms with Crippen molar-refractivity contribution in [2.24, 2.45) is 0 Å². The summed E-state index contributed by atoms with van der Waals surface area (Å²) >= 11 is 12.2. The average molecular weight is 521 g/mol. The molecule has 0 aromatic heterocycles. The van der Waals surface area contributed by atoms with E-state index in [1.165, 1.54) is 47.5 Å². The number of benzene rings is 3. The minimum Gasteiger partial charge on any atom is -0.508 e. The highest BCUT2D eigenvalue weighted by Crippen LogP contribution is 2.32. The minimum absolute atomic E-state index is 0.00481. The van der Waals surface area contributed by atoms with Gasteiger partial charge in [0.25, 0.3) is 10.0 Å². The number of sulfonamides is 1. The zero-order chi connectivity index (χ0) is 24.1. The minimum atomic E-state index is -4.04. The van der Waals surface area contributed by atoms with Crippen LogP contribution in [0.3, 0.4) is 0 Å². The van der Waals surface area contributed by atoms with Gasteiger partial charge in [-0.1, -0.05) is 35.3 Å². The van der Waals surface area contributed by atoms with Crippen LogP contribution in [0, 0.1) is 0 Å². The molecular weight excluding hydrogens is 495 g/mol. The maximum absolute atomic E-state index is 13.7. The van der Waals surface area contributed by atoms with Gasteiger partial charge in [0, 0.05) is 11.6 Å². The van der Waals surface area contributed by atoms with Crippen LogP contribution >= 0.6 is 23.2 Å². The summed E-state index contributed by atoms with van der Waals surface area (Å²) in [5.41, 5.74) is 1.07. The molecule has 0 unspecified atom stereocenters. The van der Waals surface area contributed by atoms with E-state index in [4.69, 9.17) is 27.9 Å². The number of hydrogen-bond acceptors (Lipinski definition) is 5. The Bertz CT molecular complexity index is 1230. The molecule has 3 aromatic rings. The van der Waals surface area contributed by atoms with Crippen LogP contribution in [0.2, 0.25) is 10.0 Å². The normalized spacial score (nSPS) is 14.3. The summed E-state index contributed by atoms with van der Waals surface area (Å²) < 4.78 is 34.4. The Balaban J connectivity index is 1.59. The predicted octanol–water partition coefficient (Wildman–Crippen LogP) is 5.57. The quantitative estimate of drug-likeness (QED) is 0.399. The number of ether oxygens (including phenoxy) is 1. The van der Waals surface area contributed by atoms with Crippen LogP contribution in [0.15, 0.2) is 71.6 Å². The Kier molecular flexibility index (Phi) is 7.88. The molecule has 180 valence electrons. The van der Waals surface area contributed by atoms with Gasteiger partial charge in [0.2, 0.25) is 0 Å². The van der Waals surface area contributed by atoms with Crippen molar-refractivity contribution in [3.05, 3.63) is 82.3 Å². The third kappa shape index (κ3) is 5.96. The first-order valence-corrected chi connectivity index (χ1v) is 13.2. The lowest BCUT2D eigenvalue weighted by atomic mass is 10.2. The summed E-state index contributed by atoms with van der Waals surface area (Å²) in [4.78, 5) is 2.32. The number of phenolic OH excluding ortho intramolecular Hbond substituents is 1. The van der Waals surface area contributed by atoms with Gasteiger partial charge in [-0.3, -0.25) is 9.21 Å². The fourth-order valence-corrected chi connectivity index (χ4v) is 6.15. The molecule has 1 N–H and O–H groups in total. The Labute approximate surface area is 210 Å². The molecular formula is C25H26Cl2N2O4S. The van der Waals surface area contributed by atoms with E-state index < -0.39 is 10.0 Å². The molecule has 0 spiro atoms. The van der Waals surface area contributed by atoms with Crippen LogP contribution in [-0.4, -0.2) is 44.7 Å². The molecule has 1 aliphatic heterocycles. The average Bonchev–Trinajstić information content (AvgIpc) is 3.31. The SMILES string of the molecule is O=S(=O)(c1ccc(Cl)cc1Cl)N(Cc1cccc(O)c1)c1ccc(OCCN2CCCC2)cc1. The van der Waals surface area contributed by atoms with Crippen LogP contribution in [-0.2, 0) is 16.6 Å². The van der Waals surface area contributed by atoms with Crippen molar-refractivity contribution >= 4 is 38.9 Å². The first-order chi connectivity index (χ1) is 16.3. The highest BCUT2D eigenvalue weighted by Gasteiger charge is 2.28. The molecule has 1 heterocycles. The Hall–Kier alpha value is -2.45. The van der Waals surface area contributed by atoms with Crippen LogP contribution in [0.1, 0.15) is 18.4 Å². The van der Waals surface area contributed by atoms with Gasteiger partial charge in [-0.05, 0) is 86.1 Å². The highest BCUT2D eigenvalue weighted by molar-refractivity contribution is 7.93. The van der Waals surface area contributed by atoms with Crippen molar-refractivity contribution in [2.75, 3.05) is 30.5 Å². The van der Waals surface area contributed by atoms with Gasteiger partial charge in [0.05, 0.1) is 17.3 Å². The summed E-state index contributed by atoms with van der Waals surface area (Å²) in [6, 6.07) is 17.7. The summed E-state index contributed by atoms with van der Waals surface area (Å²) in [6.45, 7) is 3.67. The molecule has 0 saturated carbocycles. The molecule has 1 fully saturated rings. The number of phenols is 1. The topological polar surface area (TPSA) is 70.1 Å². The van der Waals surface area contributed by atoms with Gasteiger partial charge in [-0.15, -0.1) is 0 Å². The lowest BCUT2D eigenvalue weighted by molar-refractivity contribution is 0.238. The van der Waals surface area contributed by atoms with E-state index in [0.29, 0.717) is 28.6 Å². The molecule has 1 aliphatic rings. The van der Waals surface area contributed by atoms with Crippen LogP contribution < -0.4 is 9.04 Å². The number of aromatic hydroxyl groups is 1. The number of nitrogens with zero attached hydrogens (tertiary/aromatic N) is 2. The van der Waals surface area contributed by atoms with Crippen molar-refractivity contribution in [3.63, 3.8) is 0 Å². The van der Waals surface area contributed by atoms with Crippen LogP contribution in [0.4, 0.5) is 5.69 Å². The van der Waals surface area contributed by atoms with E-state index in [0.717, 1.165) is 19.6 Å². The number of halogens is 2. The van der Waals surface area contributed by atoms with Gasteiger partial charge < -0.3 is 9.84 Å². The van der Waals surface area contributed by atoms with Gasteiger partial charge in [-0.25, -0.2) is 8.42 Å². The molecule has 0 aliphatic carbocycles. The van der Waals surface area contributed by atoms with Gasteiger partial charge in [0.1, 0.15) is 23.0 Å². The molecule has 9 heteroatoms. The maximum atomic E-state index is 13.7. The third-order valence-corrected chi connectivity index (χ3v) is 8.19. The number of anilines is 1. The Morgan fingerprint density at radius 1 is 0.971 bits per heavy atom. The van der Waals surface area contributed by atoms with Crippen molar-refractivity contribution < 1.29 is 18.3 Å². The molecule has 4 rings (SSSR count). The number of hydrogen-bond donors (Lipinski definition) is 1. The van der Waals surface area contributed by atoms with Crippen LogP contribution in [0.25, 0.3) is 0 Å². The highest BCUT2D eigenvalue weighted by atomic mass is 35.5. The smallest absolute Gasteiger partial charge is 0.266 e. The fourth-order valence-electron chi connectivity index (χ4n) is 3.95. The first-order valence-electron chi connectivity index (χ1n) is 11.0. The van der Waals surface area contributed by atoms with E-state index >= 15 is 0 Å². The second-order valence-corrected chi connectivity index (χ2v) is 10.8. The summed E-state index contributed by atoms with van der Waals surface area (Å²) in [5, 5.41) is 10.2. The molecule has 3 aromatic carbocycles. The molecule has 0 bridgehead atoms. The molecule has 0 amide bonds. The summed E-state index contributed by atoms with van der Waals surface area (Å²) in [6.07, 6.45) is 2.46. The second-order valence-electron chi connectivity index (χ2n) is 8.15. The molecule has 34 heavy (non-hydrogen) atoms. The molecule has 0 atom stereocenters. The van der Waals surface area contributed by atoms with Crippen LogP contribution in [0.5, 0.6) is 11.5 Å². The lowest BCUT2D eigenvalue weighted by Crippen LogP contribution is -2.30. The van der Waals surface area contributed by atoms with Gasteiger partial charge in [-0.2, -0.15) is 0 Å². The first kappa shape index (κ1) is 24.7. The van der Waals surface area contributed by atoms with Crippen molar-refractivity contribution in [1.82, 2.24) is 4.90 Å². The Morgan fingerprint density at radius 2 is 1.71 bits per heavy atom. The predicted molar refractivity (Wildman–Crippen MR) is 136 cm³/mol. The van der Waals surface area contributed by atoms with E-state index in [-0.39, 0.29) is 22.2 Å². The van der Waals surface area contributed by atoms with E-state index in [1.807, 2.05) is 0 Å². The lowest BCUT2D eigenvalue weighted by Gasteiger charge is -2.25. The number of rotatable bonds is 9. The van der Waals surface area contributed by atoms with Gasteiger partial charge >= 0.3 is 0 Å². The largest absolute Gasteiger partial charge is 0.508 e. The monoisotopic (exact) mass is 520 g/mol. The van der Waals surface area contributed by atoms with Crippen molar-refractivity contribution in [1.29, 1.82) is 0 Å². The third-order valence-electron chi connectivity index (χ3n) is 5.70. The second kappa shape index (κ2) is 10.9. The zero-order valence-corrected chi connectivity index (χ0v) is 20.9. The molecule has 6 nitrogen and oxygen atoms in total. The molecule has 1 saturated heterocycles. The summed E-state index contributed by atoms with van der Waals surface area (Å²) in [5.74, 6) is 0.725. The van der Waals surface area contributed by atoms with Gasteiger partial charge in [0.15, 0.2) is 0 Å². The van der Waals surface area contributed by atoms with E-state index in [9.17, 15) is 13.5 Å². The van der Waals surface area contributed by atoms with Crippen molar-refractivity contribution in [2.45, 2.75) is 24.3 Å². The Morgan fingerprint density at radius 3 is 2.38 bits per heavy atom. The van der Waals surface area contributed by atoms with Crippen molar-refractivity contribution in [3.8, 4) is 11.5 Å². The fraction of sp³-hybridized carbons (Fsp3) is 0.280. The van der Waals surface area contributed by atoms with E-state index in [1.54, 1.807) is 36.4 Å². The maximum Gasteiger partial charge on any atom is 0.266 e. The number of likely N-dealkylation sites (tertiary alicyclic amines) is 1. The summed E-state index contributed by atoms with van der Waals surface area (Å²) in [7, 11) is -4.04. The molecule has 0 radical (unpaired) electrons.